The Morgan fingerprint density at radius 2 is 1.85 bits per heavy atom. The summed E-state index contributed by atoms with van der Waals surface area (Å²) in [6.45, 7) is 6.37. The van der Waals surface area contributed by atoms with Crippen molar-refractivity contribution in [2.75, 3.05) is 46.6 Å². The molecule has 3 rings (SSSR count). The molecule has 0 unspecified atom stereocenters. The Hall–Kier alpha value is -1.30. The molecule has 110 valence electrons. The molecular weight excluding hydrogens is 256 g/mol. The van der Waals surface area contributed by atoms with Crippen molar-refractivity contribution in [3.8, 4) is 11.5 Å². The first-order valence-electron chi connectivity index (χ1n) is 7.21. The molecule has 0 atom stereocenters. The molecule has 5 heteroatoms. The number of rotatable bonds is 5. The zero-order valence-corrected chi connectivity index (χ0v) is 12.0. The zero-order valence-electron chi connectivity index (χ0n) is 12.0. The first-order valence-corrected chi connectivity index (χ1v) is 7.21. The van der Waals surface area contributed by atoms with E-state index in [0.29, 0.717) is 13.4 Å². The Labute approximate surface area is 119 Å². The van der Waals surface area contributed by atoms with Crippen molar-refractivity contribution < 1.29 is 14.2 Å². The van der Waals surface area contributed by atoms with Crippen LogP contribution in [0.4, 0.5) is 0 Å². The Morgan fingerprint density at radius 3 is 2.60 bits per heavy atom. The van der Waals surface area contributed by atoms with Gasteiger partial charge in [0, 0.05) is 45.4 Å². The van der Waals surface area contributed by atoms with Crippen molar-refractivity contribution in [3.05, 3.63) is 23.3 Å². The summed E-state index contributed by atoms with van der Waals surface area (Å²) >= 11 is 0. The van der Waals surface area contributed by atoms with Gasteiger partial charge in [-0.3, -0.25) is 0 Å². The monoisotopic (exact) mass is 278 g/mol. The molecular formula is C15H22N2O3. The van der Waals surface area contributed by atoms with E-state index < -0.39 is 0 Å². The number of ether oxygens (including phenoxy) is 3. The van der Waals surface area contributed by atoms with E-state index in [9.17, 15) is 0 Å². The Bertz CT molecular complexity index is 459. The van der Waals surface area contributed by atoms with Crippen molar-refractivity contribution in [3.63, 3.8) is 0 Å². The highest BCUT2D eigenvalue weighted by Gasteiger charge is 2.22. The molecule has 0 aliphatic carbocycles. The summed E-state index contributed by atoms with van der Waals surface area (Å²) in [6.07, 6.45) is 0.999. The maximum absolute atomic E-state index is 5.65. The quantitative estimate of drug-likeness (QED) is 0.871. The van der Waals surface area contributed by atoms with Gasteiger partial charge in [0.15, 0.2) is 11.5 Å². The lowest BCUT2D eigenvalue weighted by Gasteiger charge is -2.27. The van der Waals surface area contributed by atoms with E-state index in [1.165, 1.54) is 5.56 Å². The first-order chi connectivity index (χ1) is 9.88. The number of hydrogen-bond donors (Lipinski definition) is 1. The van der Waals surface area contributed by atoms with Gasteiger partial charge in [-0.05, 0) is 12.0 Å². The molecule has 0 radical (unpaired) electrons. The van der Waals surface area contributed by atoms with E-state index in [-0.39, 0.29) is 0 Å². The number of piperazine rings is 1. The summed E-state index contributed by atoms with van der Waals surface area (Å²) in [5.41, 5.74) is 2.29. The van der Waals surface area contributed by atoms with Crippen LogP contribution in [0.3, 0.4) is 0 Å². The molecule has 20 heavy (non-hydrogen) atoms. The number of benzene rings is 1. The van der Waals surface area contributed by atoms with Gasteiger partial charge in [0.05, 0.1) is 6.61 Å². The minimum atomic E-state index is 0.316. The molecule has 1 aromatic carbocycles. The fourth-order valence-electron chi connectivity index (χ4n) is 2.79. The molecule has 0 saturated carbocycles. The smallest absolute Gasteiger partial charge is 0.231 e. The highest BCUT2D eigenvalue weighted by Crippen LogP contribution is 2.39. The Balaban J connectivity index is 1.69. The van der Waals surface area contributed by atoms with Gasteiger partial charge in [-0.15, -0.1) is 0 Å². The summed E-state index contributed by atoms with van der Waals surface area (Å²) in [5.74, 6) is 1.78. The second-order valence-electron chi connectivity index (χ2n) is 5.22. The molecule has 2 aliphatic heterocycles. The van der Waals surface area contributed by atoms with E-state index in [2.05, 4.69) is 22.3 Å². The van der Waals surface area contributed by atoms with E-state index >= 15 is 0 Å². The van der Waals surface area contributed by atoms with Crippen LogP contribution in [-0.4, -0.2) is 51.5 Å². The van der Waals surface area contributed by atoms with Gasteiger partial charge in [-0.2, -0.15) is 0 Å². The van der Waals surface area contributed by atoms with Crippen molar-refractivity contribution in [1.29, 1.82) is 0 Å². The van der Waals surface area contributed by atoms with Gasteiger partial charge in [-0.25, -0.2) is 0 Å². The third-order valence-corrected chi connectivity index (χ3v) is 3.89. The lowest BCUT2D eigenvalue weighted by molar-refractivity contribution is 0.162. The maximum atomic E-state index is 5.65. The minimum absolute atomic E-state index is 0.316. The molecule has 0 spiro atoms. The SMILES string of the molecule is COCc1ccc(CCN2CCNCC2)c2c1OCO2. The average molecular weight is 278 g/mol. The van der Waals surface area contributed by atoms with Crippen LogP contribution < -0.4 is 14.8 Å². The zero-order chi connectivity index (χ0) is 13.8. The first kappa shape index (κ1) is 13.7. The van der Waals surface area contributed by atoms with Gasteiger partial charge in [0.2, 0.25) is 6.79 Å². The van der Waals surface area contributed by atoms with Crippen molar-refractivity contribution in [2.45, 2.75) is 13.0 Å². The Kier molecular flexibility index (Phi) is 4.40. The lowest BCUT2D eigenvalue weighted by Crippen LogP contribution is -2.44. The van der Waals surface area contributed by atoms with Crippen molar-refractivity contribution >= 4 is 0 Å². The van der Waals surface area contributed by atoms with Crippen LogP contribution in [0, 0.1) is 0 Å². The predicted octanol–water partition coefficient (Wildman–Crippen LogP) is 1.01. The van der Waals surface area contributed by atoms with Gasteiger partial charge in [0.1, 0.15) is 0 Å². The topological polar surface area (TPSA) is 43.0 Å². The van der Waals surface area contributed by atoms with Gasteiger partial charge >= 0.3 is 0 Å². The Morgan fingerprint density at radius 1 is 1.15 bits per heavy atom. The van der Waals surface area contributed by atoms with Crippen LogP contribution in [0.5, 0.6) is 11.5 Å². The number of fused-ring (bicyclic) bond motifs is 1. The van der Waals surface area contributed by atoms with E-state index in [0.717, 1.165) is 56.2 Å². The summed E-state index contributed by atoms with van der Waals surface area (Å²) in [7, 11) is 1.69. The van der Waals surface area contributed by atoms with Crippen LogP contribution in [-0.2, 0) is 17.8 Å². The van der Waals surface area contributed by atoms with Crippen LogP contribution >= 0.6 is 0 Å². The van der Waals surface area contributed by atoms with Crippen LogP contribution in [0.25, 0.3) is 0 Å². The third kappa shape index (κ3) is 2.90. The lowest BCUT2D eigenvalue weighted by atomic mass is 10.1. The highest BCUT2D eigenvalue weighted by atomic mass is 16.7. The molecule has 5 nitrogen and oxygen atoms in total. The average Bonchev–Trinajstić information content (AvgIpc) is 2.98. The van der Waals surface area contributed by atoms with Gasteiger partial charge < -0.3 is 24.4 Å². The third-order valence-electron chi connectivity index (χ3n) is 3.89. The summed E-state index contributed by atoms with van der Waals surface area (Å²) in [4.78, 5) is 2.49. The van der Waals surface area contributed by atoms with Crippen LogP contribution in [0.1, 0.15) is 11.1 Å². The number of methoxy groups -OCH3 is 1. The molecule has 1 aromatic rings. The van der Waals surface area contributed by atoms with Crippen molar-refractivity contribution in [1.82, 2.24) is 10.2 Å². The summed E-state index contributed by atoms with van der Waals surface area (Å²) in [5, 5.41) is 3.38. The number of nitrogens with zero attached hydrogens (tertiary/aromatic N) is 1. The summed E-state index contributed by atoms with van der Waals surface area (Å²) < 4.78 is 16.4. The molecule has 0 amide bonds. The number of hydrogen-bond acceptors (Lipinski definition) is 5. The normalized spacial score (nSPS) is 18.4. The van der Waals surface area contributed by atoms with E-state index in [4.69, 9.17) is 14.2 Å². The highest BCUT2D eigenvalue weighted by molar-refractivity contribution is 5.53. The molecule has 1 fully saturated rings. The fraction of sp³-hybridized carbons (Fsp3) is 0.600. The second kappa shape index (κ2) is 6.43. The van der Waals surface area contributed by atoms with Gasteiger partial charge in [-0.1, -0.05) is 12.1 Å². The van der Waals surface area contributed by atoms with Crippen molar-refractivity contribution in [2.24, 2.45) is 0 Å². The maximum Gasteiger partial charge on any atom is 0.231 e. The standard InChI is InChI=1S/C15H22N2O3/c1-18-10-13-3-2-12(14-15(13)20-11-19-14)4-7-17-8-5-16-6-9-17/h2-3,16H,4-11H2,1H3. The number of nitrogens with one attached hydrogen (secondary N) is 1. The molecule has 0 bridgehead atoms. The van der Waals surface area contributed by atoms with Gasteiger partial charge in [0.25, 0.3) is 0 Å². The predicted molar refractivity (Wildman–Crippen MR) is 76.3 cm³/mol. The molecule has 2 aliphatic rings. The van der Waals surface area contributed by atoms with Crippen LogP contribution in [0.2, 0.25) is 0 Å². The largest absolute Gasteiger partial charge is 0.453 e. The summed E-state index contributed by atoms with van der Waals surface area (Å²) in [6, 6.07) is 4.23. The van der Waals surface area contributed by atoms with Crippen LogP contribution in [0.15, 0.2) is 12.1 Å². The fourth-order valence-corrected chi connectivity index (χ4v) is 2.79. The molecule has 2 heterocycles. The minimum Gasteiger partial charge on any atom is -0.453 e. The molecule has 0 aromatic heterocycles. The second-order valence-corrected chi connectivity index (χ2v) is 5.22. The van der Waals surface area contributed by atoms with E-state index in [1.54, 1.807) is 7.11 Å². The molecule has 1 saturated heterocycles. The molecule has 1 N–H and O–H groups in total. The van der Waals surface area contributed by atoms with E-state index in [1.807, 2.05) is 0 Å².